The van der Waals surface area contributed by atoms with Crippen LogP contribution in [0.25, 0.3) is 10.2 Å². The summed E-state index contributed by atoms with van der Waals surface area (Å²) in [5, 5.41) is 3.70. The molecular weight excluding hydrogens is 322 g/mol. The smallest absolute Gasteiger partial charge is 0.262 e. The summed E-state index contributed by atoms with van der Waals surface area (Å²) in [5.41, 5.74) is 0.807. The van der Waals surface area contributed by atoms with E-state index in [9.17, 15) is 9.59 Å². The lowest BCUT2D eigenvalue weighted by Crippen LogP contribution is -2.45. The topological polar surface area (TPSA) is 64.0 Å². The Hall–Kier alpha value is -1.69. The number of carbonyl (C=O) groups excluding carboxylic acids is 1. The average Bonchev–Trinajstić information content (AvgIpc) is 2.87. The Morgan fingerprint density at radius 2 is 2.25 bits per heavy atom. The Labute approximate surface area is 146 Å². The van der Waals surface area contributed by atoms with Crippen LogP contribution in [-0.4, -0.2) is 21.0 Å². The van der Waals surface area contributed by atoms with Crippen molar-refractivity contribution in [2.45, 2.75) is 65.5 Å². The van der Waals surface area contributed by atoms with Crippen LogP contribution in [0.2, 0.25) is 0 Å². The third-order valence-corrected chi connectivity index (χ3v) is 6.12. The highest BCUT2D eigenvalue weighted by molar-refractivity contribution is 7.18. The number of nitrogens with zero attached hydrogens (tertiary/aromatic N) is 2. The minimum absolute atomic E-state index is 0.0201. The predicted octanol–water partition coefficient (Wildman–Crippen LogP) is 2.89. The highest BCUT2D eigenvalue weighted by atomic mass is 32.1. The van der Waals surface area contributed by atoms with Gasteiger partial charge in [0.1, 0.15) is 11.4 Å². The molecule has 24 heavy (non-hydrogen) atoms. The van der Waals surface area contributed by atoms with E-state index in [0.717, 1.165) is 41.5 Å². The van der Waals surface area contributed by atoms with Crippen molar-refractivity contribution in [2.75, 3.05) is 0 Å². The average molecular weight is 347 g/mol. The van der Waals surface area contributed by atoms with E-state index in [1.165, 1.54) is 15.8 Å². The van der Waals surface area contributed by atoms with E-state index in [0.29, 0.717) is 5.92 Å². The van der Waals surface area contributed by atoms with Crippen molar-refractivity contribution >= 4 is 27.5 Å². The molecule has 2 heterocycles. The summed E-state index contributed by atoms with van der Waals surface area (Å²) in [6.07, 6.45) is 5.42. The molecule has 0 unspecified atom stereocenters. The van der Waals surface area contributed by atoms with Crippen molar-refractivity contribution in [1.29, 1.82) is 0 Å². The van der Waals surface area contributed by atoms with Gasteiger partial charge < -0.3 is 5.32 Å². The molecule has 2 aromatic rings. The van der Waals surface area contributed by atoms with Gasteiger partial charge in [-0.05, 0) is 51.0 Å². The van der Waals surface area contributed by atoms with E-state index in [2.05, 4.69) is 17.2 Å². The molecule has 0 spiro atoms. The molecule has 1 atom stereocenters. The second-order valence-electron chi connectivity index (χ2n) is 7.50. The third kappa shape index (κ3) is 3.24. The molecule has 0 aromatic carbocycles. The van der Waals surface area contributed by atoms with Gasteiger partial charge in [-0.15, -0.1) is 11.3 Å². The van der Waals surface area contributed by atoms with Crippen molar-refractivity contribution in [1.82, 2.24) is 14.9 Å². The van der Waals surface area contributed by atoms with Gasteiger partial charge in [-0.25, -0.2) is 4.98 Å². The van der Waals surface area contributed by atoms with E-state index < -0.39 is 0 Å². The number of amides is 1. The van der Waals surface area contributed by atoms with Gasteiger partial charge in [-0.3, -0.25) is 14.2 Å². The highest BCUT2D eigenvalue weighted by Crippen LogP contribution is 2.35. The van der Waals surface area contributed by atoms with Gasteiger partial charge in [0.25, 0.3) is 5.56 Å². The second kappa shape index (κ2) is 6.31. The summed E-state index contributed by atoms with van der Waals surface area (Å²) in [5.74, 6) is 0.512. The van der Waals surface area contributed by atoms with Crippen LogP contribution in [-0.2, 0) is 24.2 Å². The molecule has 6 heteroatoms. The summed E-state index contributed by atoms with van der Waals surface area (Å²) in [6, 6.07) is 0. The highest BCUT2D eigenvalue weighted by Gasteiger charge is 2.24. The number of hydrogen-bond acceptors (Lipinski definition) is 4. The molecule has 0 radical (unpaired) electrons. The first-order valence-electron chi connectivity index (χ1n) is 8.61. The van der Waals surface area contributed by atoms with Crippen molar-refractivity contribution in [2.24, 2.45) is 5.92 Å². The maximum Gasteiger partial charge on any atom is 0.262 e. The largest absolute Gasteiger partial charge is 0.350 e. The van der Waals surface area contributed by atoms with Crippen LogP contribution >= 0.6 is 11.3 Å². The predicted molar refractivity (Wildman–Crippen MR) is 97.6 cm³/mol. The normalized spacial score (nSPS) is 17.8. The first-order valence-corrected chi connectivity index (χ1v) is 9.43. The number of aromatic nitrogens is 2. The van der Waals surface area contributed by atoms with Crippen molar-refractivity contribution in [3.05, 3.63) is 27.1 Å². The number of nitrogens with one attached hydrogen (secondary N) is 1. The van der Waals surface area contributed by atoms with Crippen LogP contribution in [0.3, 0.4) is 0 Å². The summed E-state index contributed by atoms with van der Waals surface area (Å²) >= 11 is 1.63. The summed E-state index contributed by atoms with van der Waals surface area (Å²) in [7, 11) is 0. The Balaban J connectivity index is 1.92. The first-order chi connectivity index (χ1) is 11.3. The second-order valence-corrected chi connectivity index (χ2v) is 8.58. The molecule has 1 amide bonds. The summed E-state index contributed by atoms with van der Waals surface area (Å²) in [4.78, 5) is 31.7. The molecule has 5 nitrogen and oxygen atoms in total. The number of rotatable bonds is 4. The molecule has 1 aliphatic carbocycles. The third-order valence-electron chi connectivity index (χ3n) is 4.96. The Morgan fingerprint density at radius 1 is 1.50 bits per heavy atom. The van der Waals surface area contributed by atoms with Crippen LogP contribution in [0.5, 0.6) is 0 Å². The van der Waals surface area contributed by atoms with Gasteiger partial charge in [0.05, 0.1) is 11.7 Å². The Bertz CT molecular complexity index is 835. The van der Waals surface area contributed by atoms with Crippen LogP contribution < -0.4 is 10.9 Å². The molecule has 130 valence electrons. The number of fused-ring (bicyclic) bond motifs is 3. The van der Waals surface area contributed by atoms with Gasteiger partial charge in [0, 0.05) is 10.4 Å². The number of carbonyl (C=O) groups is 1. The standard InChI is InChI=1S/C18H25N3O2S/c1-5-18(3,4)20-14(22)9-21-10-19-16-15(17(21)23)12-7-6-11(2)8-13(12)24-16/h10-11H,5-9H2,1-4H3,(H,20,22)/t11-/m0/s1. The van der Waals surface area contributed by atoms with E-state index in [1.54, 1.807) is 11.3 Å². The van der Waals surface area contributed by atoms with Crippen molar-refractivity contribution in [3.8, 4) is 0 Å². The van der Waals surface area contributed by atoms with Crippen LogP contribution in [0.15, 0.2) is 11.1 Å². The van der Waals surface area contributed by atoms with Crippen LogP contribution in [0, 0.1) is 5.92 Å². The zero-order chi connectivity index (χ0) is 17.5. The molecule has 0 aliphatic heterocycles. The summed E-state index contributed by atoms with van der Waals surface area (Å²) in [6.45, 7) is 8.25. The molecule has 1 aliphatic rings. The molecule has 0 saturated heterocycles. The zero-order valence-electron chi connectivity index (χ0n) is 14.8. The van der Waals surface area contributed by atoms with Crippen molar-refractivity contribution in [3.63, 3.8) is 0 Å². The molecule has 0 bridgehead atoms. The van der Waals surface area contributed by atoms with E-state index in [4.69, 9.17) is 0 Å². The molecule has 2 aromatic heterocycles. The van der Waals surface area contributed by atoms with Crippen molar-refractivity contribution < 1.29 is 4.79 Å². The molecule has 3 rings (SSSR count). The number of aryl methyl sites for hydroxylation is 1. The molecule has 0 saturated carbocycles. The molecular formula is C18H25N3O2S. The van der Waals surface area contributed by atoms with Gasteiger partial charge in [0.2, 0.25) is 5.91 Å². The molecule has 0 fully saturated rings. The lowest BCUT2D eigenvalue weighted by Gasteiger charge is -2.24. The fourth-order valence-corrected chi connectivity index (χ4v) is 4.48. The molecule has 1 N–H and O–H groups in total. The first kappa shape index (κ1) is 17.1. The fraction of sp³-hybridized carbons (Fsp3) is 0.611. The zero-order valence-corrected chi connectivity index (χ0v) is 15.6. The van der Waals surface area contributed by atoms with E-state index in [1.807, 2.05) is 20.8 Å². The maximum absolute atomic E-state index is 12.9. The fourth-order valence-electron chi connectivity index (χ4n) is 3.14. The SMILES string of the molecule is CCC(C)(C)NC(=O)Cn1cnc2sc3c(c2c1=O)CC[C@H](C)C3. The van der Waals surface area contributed by atoms with Gasteiger partial charge >= 0.3 is 0 Å². The Morgan fingerprint density at radius 3 is 2.96 bits per heavy atom. The van der Waals surface area contributed by atoms with Gasteiger partial charge in [0.15, 0.2) is 0 Å². The van der Waals surface area contributed by atoms with Crippen LogP contribution in [0.4, 0.5) is 0 Å². The minimum atomic E-state index is -0.268. The van der Waals surface area contributed by atoms with E-state index >= 15 is 0 Å². The van der Waals surface area contributed by atoms with Gasteiger partial charge in [-0.2, -0.15) is 0 Å². The monoisotopic (exact) mass is 347 g/mol. The van der Waals surface area contributed by atoms with Crippen LogP contribution in [0.1, 0.15) is 51.0 Å². The Kier molecular flexibility index (Phi) is 4.51. The van der Waals surface area contributed by atoms with E-state index in [-0.39, 0.29) is 23.6 Å². The lowest BCUT2D eigenvalue weighted by molar-refractivity contribution is -0.123. The lowest BCUT2D eigenvalue weighted by atomic mass is 9.89. The maximum atomic E-state index is 12.9. The quantitative estimate of drug-likeness (QED) is 0.925. The summed E-state index contributed by atoms with van der Waals surface area (Å²) < 4.78 is 1.44. The van der Waals surface area contributed by atoms with Gasteiger partial charge in [-0.1, -0.05) is 13.8 Å². The number of thiophene rings is 1. The minimum Gasteiger partial charge on any atom is -0.350 e. The number of hydrogen-bond donors (Lipinski definition) is 1.